The van der Waals surface area contributed by atoms with Gasteiger partial charge in [-0.3, -0.25) is 9.89 Å². The number of carboxylic acid groups (broad SMARTS) is 1. The number of aliphatic carboxylic acids is 1. The molecule has 1 aromatic rings. The summed E-state index contributed by atoms with van der Waals surface area (Å²) in [7, 11) is 0. The normalized spacial score (nSPS) is 12.8. The van der Waals surface area contributed by atoms with Crippen molar-refractivity contribution >= 4 is 5.97 Å². The third-order valence-electron chi connectivity index (χ3n) is 1.57. The van der Waals surface area contributed by atoms with E-state index in [1.807, 2.05) is 6.92 Å². The third kappa shape index (κ3) is 2.07. The summed E-state index contributed by atoms with van der Waals surface area (Å²) in [5.41, 5.74) is 0.937. The molecular weight excluding hydrogens is 144 g/mol. The van der Waals surface area contributed by atoms with Crippen molar-refractivity contribution in [1.29, 1.82) is 0 Å². The van der Waals surface area contributed by atoms with Gasteiger partial charge in [-0.05, 0) is 11.5 Å². The summed E-state index contributed by atoms with van der Waals surface area (Å²) in [4.78, 5) is 10.3. The average molecular weight is 154 g/mol. The lowest BCUT2D eigenvalue weighted by molar-refractivity contribution is -0.137. The van der Waals surface area contributed by atoms with Crippen LogP contribution in [0.2, 0.25) is 0 Å². The van der Waals surface area contributed by atoms with Crippen LogP contribution in [-0.2, 0) is 4.79 Å². The fourth-order valence-corrected chi connectivity index (χ4v) is 0.910. The van der Waals surface area contributed by atoms with Gasteiger partial charge in [-0.1, -0.05) is 6.92 Å². The second kappa shape index (κ2) is 3.18. The summed E-state index contributed by atoms with van der Waals surface area (Å²) in [6.45, 7) is 1.86. The van der Waals surface area contributed by atoms with Crippen molar-refractivity contribution in [2.24, 2.45) is 0 Å². The highest BCUT2D eigenvalue weighted by atomic mass is 16.4. The van der Waals surface area contributed by atoms with E-state index in [0.717, 1.165) is 5.56 Å². The number of aromatic amines is 1. The van der Waals surface area contributed by atoms with E-state index in [4.69, 9.17) is 5.11 Å². The Morgan fingerprint density at radius 1 is 1.91 bits per heavy atom. The molecule has 4 nitrogen and oxygen atoms in total. The van der Waals surface area contributed by atoms with Crippen molar-refractivity contribution in [1.82, 2.24) is 10.2 Å². The molecule has 0 spiro atoms. The maximum atomic E-state index is 10.3. The molecule has 0 saturated carbocycles. The predicted octanol–water partition coefficient (Wildman–Crippen LogP) is 0.988. The lowest BCUT2D eigenvalue weighted by atomic mass is 10.0. The van der Waals surface area contributed by atoms with Gasteiger partial charge in [0.15, 0.2) is 0 Å². The van der Waals surface area contributed by atoms with Crippen LogP contribution < -0.4 is 0 Å². The molecule has 2 N–H and O–H groups in total. The van der Waals surface area contributed by atoms with Crippen molar-refractivity contribution in [3.63, 3.8) is 0 Å². The number of nitrogens with one attached hydrogen (secondary N) is 1. The highest BCUT2D eigenvalue weighted by Crippen LogP contribution is 2.16. The third-order valence-corrected chi connectivity index (χ3v) is 1.57. The number of carboxylic acids is 1. The van der Waals surface area contributed by atoms with Gasteiger partial charge in [0.2, 0.25) is 0 Å². The minimum atomic E-state index is -0.779. The Kier molecular flexibility index (Phi) is 2.25. The van der Waals surface area contributed by atoms with Crippen LogP contribution in [0.4, 0.5) is 0 Å². The van der Waals surface area contributed by atoms with Crippen LogP contribution in [0.1, 0.15) is 24.8 Å². The van der Waals surface area contributed by atoms with E-state index in [9.17, 15) is 4.79 Å². The lowest BCUT2D eigenvalue weighted by Gasteiger charge is -2.03. The van der Waals surface area contributed by atoms with Crippen molar-refractivity contribution in [3.8, 4) is 0 Å². The molecule has 11 heavy (non-hydrogen) atoms. The Morgan fingerprint density at radius 3 is 3.09 bits per heavy atom. The van der Waals surface area contributed by atoms with Gasteiger partial charge >= 0.3 is 5.97 Å². The number of aromatic nitrogens is 2. The first kappa shape index (κ1) is 7.78. The summed E-state index contributed by atoms with van der Waals surface area (Å²) >= 11 is 0. The molecule has 4 heteroatoms. The second-order valence-electron chi connectivity index (χ2n) is 2.53. The largest absolute Gasteiger partial charge is 0.481 e. The molecule has 0 aliphatic rings. The quantitative estimate of drug-likeness (QED) is 0.682. The molecule has 0 fully saturated rings. The van der Waals surface area contributed by atoms with Crippen molar-refractivity contribution in [2.45, 2.75) is 19.3 Å². The molecule has 0 radical (unpaired) electrons. The summed E-state index contributed by atoms with van der Waals surface area (Å²) in [6, 6.07) is 0. The maximum absolute atomic E-state index is 10.3. The van der Waals surface area contributed by atoms with Gasteiger partial charge in [0.05, 0.1) is 12.6 Å². The summed E-state index contributed by atoms with van der Waals surface area (Å²) in [5, 5.41) is 14.8. The average Bonchev–Trinajstić information content (AvgIpc) is 2.35. The van der Waals surface area contributed by atoms with Gasteiger partial charge in [0, 0.05) is 6.20 Å². The van der Waals surface area contributed by atoms with Crippen LogP contribution >= 0.6 is 0 Å². The molecule has 1 aromatic heterocycles. The first-order valence-electron chi connectivity index (χ1n) is 3.40. The zero-order valence-electron chi connectivity index (χ0n) is 6.24. The molecule has 0 saturated heterocycles. The summed E-state index contributed by atoms with van der Waals surface area (Å²) in [6.07, 6.45) is 3.51. The number of hydrogen-bond donors (Lipinski definition) is 2. The van der Waals surface area contributed by atoms with Crippen molar-refractivity contribution in [3.05, 3.63) is 18.0 Å². The highest BCUT2D eigenvalue weighted by Gasteiger charge is 2.09. The monoisotopic (exact) mass is 154 g/mol. The smallest absolute Gasteiger partial charge is 0.303 e. The number of H-pyrrole nitrogens is 1. The number of hydrogen-bond acceptors (Lipinski definition) is 2. The molecule has 0 bridgehead atoms. The van der Waals surface area contributed by atoms with E-state index >= 15 is 0 Å². The summed E-state index contributed by atoms with van der Waals surface area (Å²) < 4.78 is 0. The lowest BCUT2D eigenvalue weighted by Crippen LogP contribution is -2.01. The van der Waals surface area contributed by atoms with Crippen LogP contribution in [-0.4, -0.2) is 21.3 Å². The van der Waals surface area contributed by atoms with Gasteiger partial charge in [-0.2, -0.15) is 5.10 Å². The molecule has 1 unspecified atom stereocenters. The Balaban J connectivity index is 2.56. The molecule has 60 valence electrons. The van der Waals surface area contributed by atoms with Gasteiger partial charge in [0.1, 0.15) is 0 Å². The number of carbonyl (C=O) groups is 1. The fraction of sp³-hybridized carbons (Fsp3) is 0.429. The van der Waals surface area contributed by atoms with Crippen LogP contribution in [0.15, 0.2) is 12.4 Å². The maximum Gasteiger partial charge on any atom is 0.303 e. The van der Waals surface area contributed by atoms with Crippen LogP contribution in [0.3, 0.4) is 0 Å². The van der Waals surface area contributed by atoms with E-state index in [1.165, 1.54) is 0 Å². The van der Waals surface area contributed by atoms with E-state index in [2.05, 4.69) is 10.2 Å². The zero-order chi connectivity index (χ0) is 8.27. The molecule has 0 aliphatic carbocycles. The van der Waals surface area contributed by atoms with Gasteiger partial charge in [-0.25, -0.2) is 0 Å². The van der Waals surface area contributed by atoms with E-state index in [-0.39, 0.29) is 12.3 Å². The Hall–Kier alpha value is -1.32. The molecule has 0 amide bonds. The van der Waals surface area contributed by atoms with Gasteiger partial charge in [-0.15, -0.1) is 0 Å². The topological polar surface area (TPSA) is 66.0 Å². The van der Waals surface area contributed by atoms with Crippen molar-refractivity contribution in [2.75, 3.05) is 0 Å². The number of rotatable bonds is 3. The summed E-state index contributed by atoms with van der Waals surface area (Å²) in [5.74, 6) is -0.745. The second-order valence-corrected chi connectivity index (χ2v) is 2.53. The Labute approximate surface area is 64.2 Å². The predicted molar refractivity (Wildman–Crippen MR) is 39.3 cm³/mol. The Morgan fingerprint density at radius 2 is 2.64 bits per heavy atom. The van der Waals surface area contributed by atoms with Gasteiger partial charge < -0.3 is 5.11 Å². The fourth-order valence-electron chi connectivity index (χ4n) is 0.910. The SMILES string of the molecule is CC(CC(=O)O)c1cn[nH]c1. The molecule has 1 atom stereocenters. The first-order chi connectivity index (χ1) is 5.20. The van der Waals surface area contributed by atoms with E-state index < -0.39 is 5.97 Å². The molecule has 0 aromatic carbocycles. The van der Waals surface area contributed by atoms with Crippen molar-refractivity contribution < 1.29 is 9.90 Å². The minimum Gasteiger partial charge on any atom is -0.481 e. The molecule has 1 rings (SSSR count). The van der Waals surface area contributed by atoms with Crippen LogP contribution in [0, 0.1) is 0 Å². The van der Waals surface area contributed by atoms with Crippen LogP contribution in [0.5, 0.6) is 0 Å². The number of nitrogens with zero attached hydrogens (tertiary/aromatic N) is 1. The first-order valence-corrected chi connectivity index (χ1v) is 3.40. The zero-order valence-corrected chi connectivity index (χ0v) is 6.24. The molecular formula is C7H10N2O2. The standard InChI is InChI=1S/C7H10N2O2/c1-5(2-7(10)11)6-3-8-9-4-6/h3-5H,2H2,1H3,(H,8,9)(H,10,11). The molecule has 1 heterocycles. The minimum absolute atomic E-state index is 0.0336. The van der Waals surface area contributed by atoms with Gasteiger partial charge in [0.25, 0.3) is 0 Å². The Bertz CT molecular complexity index is 231. The van der Waals surface area contributed by atoms with Crippen LogP contribution in [0.25, 0.3) is 0 Å². The highest BCUT2D eigenvalue weighted by molar-refractivity contribution is 5.67. The van der Waals surface area contributed by atoms with E-state index in [0.29, 0.717) is 0 Å². The molecule has 0 aliphatic heterocycles. The van der Waals surface area contributed by atoms with E-state index in [1.54, 1.807) is 12.4 Å².